The van der Waals surface area contributed by atoms with E-state index < -0.39 is 0 Å². The largest absolute Gasteiger partial charge is 0.368 e. The van der Waals surface area contributed by atoms with Gasteiger partial charge in [0.05, 0.1) is 12.6 Å². The van der Waals surface area contributed by atoms with E-state index in [1.165, 1.54) is 0 Å². The quantitative estimate of drug-likeness (QED) is 0.516. The van der Waals surface area contributed by atoms with Crippen molar-refractivity contribution >= 4 is 5.91 Å². The fourth-order valence-electron chi connectivity index (χ4n) is 0.628. The molecular formula is C7H12N2O. The van der Waals surface area contributed by atoms with Gasteiger partial charge in [-0.05, 0) is 6.42 Å². The van der Waals surface area contributed by atoms with Gasteiger partial charge in [-0.25, -0.2) is 0 Å². The minimum Gasteiger partial charge on any atom is -0.368 e. The first kappa shape index (κ1) is 8.99. The second-order valence-electron chi connectivity index (χ2n) is 1.95. The molecule has 0 aromatic heterocycles. The van der Waals surface area contributed by atoms with E-state index >= 15 is 0 Å². The maximum Gasteiger partial charge on any atom is 0.234 e. The molecule has 56 valence electrons. The Kier molecular flexibility index (Phi) is 4.34. The van der Waals surface area contributed by atoms with Crippen LogP contribution in [0.4, 0.5) is 0 Å². The number of hydrogen-bond donors (Lipinski definition) is 2. The Morgan fingerprint density at radius 1 is 1.90 bits per heavy atom. The molecule has 0 aliphatic heterocycles. The summed E-state index contributed by atoms with van der Waals surface area (Å²) in [6, 6.07) is -0.281. The summed E-state index contributed by atoms with van der Waals surface area (Å²) in [5.74, 6) is 2.02. The van der Waals surface area contributed by atoms with Crippen molar-refractivity contribution in [2.75, 3.05) is 6.54 Å². The van der Waals surface area contributed by atoms with Gasteiger partial charge < -0.3 is 5.73 Å². The Bertz CT molecular complexity index is 148. The normalized spacial score (nSPS) is 12.0. The van der Waals surface area contributed by atoms with Gasteiger partial charge in [0.1, 0.15) is 0 Å². The van der Waals surface area contributed by atoms with E-state index in [9.17, 15) is 4.79 Å². The van der Waals surface area contributed by atoms with E-state index in [0.717, 1.165) is 0 Å². The van der Waals surface area contributed by atoms with Crippen LogP contribution in [-0.2, 0) is 4.79 Å². The van der Waals surface area contributed by atoms with Gasteiger partial charge >= 0.3 is 0 Å². The van der Waals surface area contributed by atoms with Crippen LogP contribution in [0.2, 0.25) is 0 Å². The van der Waals surface area contributed by atoms with Gasteiger partial charge in [0.15, 0.2) is 0 Å². The summed E-state index contributed by atoms with van der Waals surface area (Å²) < 4.78 is 0. The molecule has 3 nitrogen and oxygen atoms in total. The predicted molar refractivity (Wildman–Crippen MR) is 40.1 cm³/mol. The maximum atomic E-state index is 10.5. The second-order valence-corrected chi connectivity index (χ2v) is 1.95. The summed E-state index contributed by atoms with van der Waals surface area (Å²) in [5, 5.41) is 2.81. The zero-order valence-corrected chi connectivity index (χ0v) is 6.05. The molecule has 0 saturated heterocycles. The van der Waals surface area contributed by atoms with Gasteiger partial charge in [0.2, 0.25) is 5.91 Å². The van der Waals surface area contributed by atoms with Crippen molar-refractivity contribution in [2.45, 2.75) is 19.4 Å². The van der Waals surface area contributed by atoms with Gasteiger partial charge in [0, 0.05) is 0 Å². The van der Waals surface area contributed by atoms with Crippen LogP contribution in [0.3, 0.4) is 0 Å². The van der Waals surface area contributed by atoms with Gasteiger partial charge in [-0.1, -0.05) is 12.8 Å². The number of amides is 1. The third kappa shape index (κ3) is 3.10. The zero-order chi connectivity index (χ0) is 7.98. The molecule has 0 radical (unpaired) electrons. The van der Waals surface area contributed by atoms with Crippen LogP contribution in [0, 0.1) is 12.3 Å². The molecule has 0 aliphatic rings. The monoisotopic (exact) mass is 140 g/mol. The molecule has 0 heterocycles. The highest BCUT2D eigenvalue weighted by Gasteiger charge is 2.09. The number of rotatable bonds is 4. The Hall–Kier alpha value is -1.01. The summed E-state index contributed by atoms with van der Waals surface area (Å²) in [6.45, 7) is 2.26. The van der Waals surface area contributed by atoms with Crippen molar-refractivity contribution in [3.05, 3.63) is 0 Å². The van der Waals surface area contributed by atoms with Gasteiger partial charge in [-0.2, -0.15) is 0 Å². The lowest BCUT2D eigenvalue weighted by atomic mass is 10.2. The molecule has 0 bridgehead atoms. The van der Waals surface area contributed by atoms with Gasteiger partial charge in [0.25, 0.3) is 0 Å². The Labute approximate surface area is 61.0 Å². The molecule has 1 atom stereocenters. The first-order chi connectivity index (χ1) is 4.72. The van der Waals surface area contributed by atoms with E-state index in [1.54, 1.807) is 0 Å². The highest BCUT2D eigenvalue weighted by atomic mass is 16.1. The number of carbonyl (C=O) groups excluding carboxylic acids is 1. The van der Waals surface area contributed by atoms with Crippen LogP contribution in [0.5, 0.6) is 0 Å². The van der Waals surface area contributed by atoms with Crippen LogP contribution in [0.25, 0.3) is 0 Å². The Balaban J connectivity index is 3.63. The van der Waals surface area contributed by atoms with E-state index in [2.05, 4.69) is 11.2 Å². The van der Waals surface area contributed by atoms with Crippen LogP contribution in [-0.4, -0.2) is 18.5 Å². The Morgan fingerprint density at radius 3 is 2.80 bits per heavy atom. The highest BCUT2D eigenvalue weighted by Crippen LogP contribution is 1.86. The van der Waals surface area contributed by atoms with Gasteiger partial charge in [-0.3, -0.25) is 10.1 Å². The molecule has 0 aromatic carbocycles. The van der Waals surface area contributed by atoms with Crippen LogP contribution in [0.1, 0.15) is 13.3 Å². The lowest BCUT2D eigenvalue weighted by molar-refractivity contribution is -0.120. The number of hydrogen-bond acceptors (Lipinski definition) is 2. The number of terminal acetylenes is 1. The lowest BCUT2D eigenvalue weighted by Crippen LogP contribution is -2.40. The summed E-state index contributed by atoms with van der Waals surface area (Å²) in [5.41, 5.74) is 5.02. The molecule has 10 heavy (non-hydrogen) atoms. The molecule has 0 aromatic rings. The average Bonchev–Trinajstić information content (AvgIpc) is 1.89. The van der Waals surface area contributed by atoms with Crippen LogP contribution in [0.15, 0.2) is 0 Å². The minimum atomic E-state index is -0.349. The SMILES string of the molecule is C#CCNC(CC)C(N)=O. The fraction of sp³-hybridized carbons (Fsp3) is 0.571. The van der Waals surface area contributed by atoms with Gasteiger partial charge in [-0.15, -0.1) is 6.42 Å². The highest BCUT2D eigenvalue weighted by molar-refractivity contribution is 5.79. The topological polar surface area (TPSA) is 55.1 Å². The third-order valence-corrected chi connectivity index (χ3v) is 1.20. The van der Waals surface area contributed by atoms with Crippen molar-refractivity contribution in [1.29, 1.82) is 0 Å². The van der Waals surface area contributed by atoms with Crippen molar-refractivity contribution in [2.24, 2.45) is 5.73 Å². The van der Waals surface area contributed by atoms with Crippen LogP contribution < -0.4 is 11.1 Å². The minimum absolute atomic E-state index is 0.281. The first-order valence-corrected chi connectivity index (χ1v) is 3.18. The Morgan fingerprint density at radius 2 is 2.50 bits per heavy atom. The smallest absolute Gasteiger partial charge is 0.234 e. The molecule has 1 amide bonds. The zero-order valence-electron chi connectivity index (χ0n) is 6.05. The van der Waals surface area contributed by atoms with Crippen molar-refractivity contribution in [3.63, 3.8) is 0 Å². The van der Waals surface area contributed by atoms with E-state index in [-0.39, 0.29) is 11.9 Å². The summed E-state index contributed by atoms with van der Waals surface area (Å²) in [6.07, 6.45) is 5.64. The second kappa shape index (κ2) is 4.83. The lowest BCUT2D eigenvalue weighted by Gasteiger charge is -2.09. The molecule has 0 fully saturated rings. The molecule has 0 spiro atoms. The van der Waals surface area contributed by atoms with Crippen molar-refractivity contribution in [3.8, 4) is 12.3 Å². The maximum absolute atomic E-state index is 10.5. The summed E-state index contributed by atoms with van der Waals surface area (Å²) in [7, 11) is 0. The number of primary amides is 1. The fourth-order valence-corrected chi connectivity index (χ4v) is 0.628. The number of carbonyl (C=O) groups is 1. The molecule has 3 heteroatoms. The molecule has 0 rings (SSSR count). The third-order valence-electron chi connectivity index (χ3n) is 1.20. The summed E-state index contributed by atoms with van der Waals surface area (Å²) in [4.78, 5) is 10.5. The molecule has 0 aliphatic carbocycles. The predicted octanol–water partition coefficient (Wildman–Crippen LogP) is -0.527. The van der Waals surface area contributed by atoms with E-state index in [4.69, 9.17) is 12.2 Å². The molecule has 3 N–H and O–H groups in total. The summed E-state index contributed by atoms with van der Waals surface area (Å²) >= 11 is 0. The van der Waals surface area contributed by atoms with Crippen molar-refractivity contribution in [1.82, 2.24) is 5.32 Å². The number of nitrogens with one attached hydrogen (secondary N) is 1. The first-order valence-electron chi connectivity index (χ1n) is 3.18. The average molecular weight is 140 g/mol. The molecule has 0 saturated carbocycles. The van der Waals surface area contributed by atoms with Crippen molar-refractivity contribution < 1.29 is 4.79 Å². The van der Waals surface area contributed by atoms with Crippen LogP contribution >= 0.6 is 0 Å². The molecule has 1 unspecified atom stereocenters. The number of nitrogens with two attached hydrogens (primary N) is 1. The molecular weight excluding hydrogens is 128 g/mol. The van der Waals surface area contributed by atoms with E-state index in [1.807, 2.05) is 6.92 Å². The van der Waals surface area contributed by atoms with E-state index in [0.29, 0.717) is 13.0 Å². The standard InChI is InChI=1S/C7H12N2O/c1-3-5-9-6(4-2)7(8)10/h1,6,9H,4-5H2,2H3,(H2,8,10).